The minimum absolute atomic E-state index is 0.491. The summed E-state index contributed by atoms with van der Waals surface area (Å²) in [7, 11) is 0. The summed E-state index contributed by atoms with van der Waals surface area (Å²) in [5, 5.41) is 11.8. The van der Waals surface area contributed by atoms with E-state index in [1.807, 2.05) is 12.1 Å². The molecule has 6 heteroatoms. The Balaban J connectivity index is 1.06. The predicted octanol–water partition coefficient (Wildman–Crippen LogP) is 16.2. The maximum atomic E-state index is 5.46. The Bertz CT molecular complexity index is 3870. The fraction of sp³-hybridized carbons (Fsp3) is 0. The van der Waals surface area contributed by atoms with Gasteiger partial charge in [-0.05, 0) is 116 Å². The number of hydrogen-bond acceptors (Lipinski definition) is 5. The molecule has 0 N–H and O–H groups in total. The zero-order valence-corrected chi connectivity index (χ0v) is 36.3. The fourth-order valence-electron chi connectivity index (χ4n) is 9.76. The molecule has 11 aromatic carbocycles. The molecule has 0 aliphatic heterocycles. The quantitative estimate of drug-likeness (QED) is 0.143. The Kier molecular flexibility index (Phi) is 9.06. The van der Waals surface area contributed by atoms with E-state index in [0.717, 1.165) is 72.0 Å². The molecule has 314 valence electrons. The average molecular weight is 857 g/mol. The molecule has 0 bridgehead atoms. The highest BCUT2D eigenvalue weighted by molar-refractivity contribution is 6.12. The lowest BCUT2D eigenvalue weighted by Gasteiger charge is -2.27. The van der Waals surface area contributed by atoms with Crippen LogP contribution < -0.4 is 9.80 Å². The average Bonchev–Trinajstić information content (AvgIpc) is 3.73. The van der Waals surface area contributed by atoms with Crippen LogP contribution in [0.5, 0.6) is 0 Å². The molecule has 13 rings (SSSR count). The number of para-hydroxylation sites is 3. The molecule has 0 saturated carbocycles. The number of nitrogens with zero attached hydrogens (tertiary/aromatic N) is 6. The summed E-state index contributed by atoms with van der Waals surface area (Å²) in [5.41, 5.74) is 7.87. The monoisotopic (exact) mass is 856 g/mol. The Labute approximate surface area is 386 Å². The molecule has 0 radical (unpaired) electrons. The summed E-state index contributed by atoms with van der Waals surface area (Å²) in [6.07, 6.45) is 0. The second-order valence-corrected chi connectivity index (χ2v) is 16.9. The van der Waals surface area contributed by atoms with Crippen molar-refractivity contribution < 1.29 is 0 Å². The summed E-state index contributed by atoms with van der Waals surface area (Å²) in [4.78, 5) is 20.7. The third kappa shape index (κ3) is 6.70. The number of benzene rings is 11. The molecule has 2 heterocycles. The van der Waals surface area contributed by atoms with Crippen LogP contribution in [-0.4, -0.2) is 19.5 Å². The van der Waals surface area contributed by atoms with Gasteiger partial charge in [-0.3, -0.25) is 9.80 Å². The number of fused-ring (bicyclic) bond motifs is 8. The van der Waals surface area contributed by atoms with E-state index in [-0.39, 0.29) is 0 Å². The fourth-order valence-corrected chi connectivity index (χ4v) is 9.76. The van der Waals surface area contributed by atoms with Gasteiger partial charge in [0.1, 0.15) is 0 Å². The standard InChI is InChI=1S/C61H40N6/c1-3-20-48(21-4-1)65(50-32-29-41-15-7-9-18-44(41)37-50)60-62-59(63-61(64-60)66(49-22-5-2-6-23-49)51-33-30-42-16-8-10-19-45(42)38-51)47-31-35-56-55-25-13-14-26-57(55)67(58(56)40-47)52-34-36-54-46(39-52)28-27-43-17-11-12-24-53(43)54/h1-40H. The van der Waals surface area contributed by atoms with Gasteiger partial charge in [0.25, 0.3) is 0 Å². The number of hydrogen-bond donors (Lipinski definition) is 0. The van der Waals surface area contributed by atoms with Crippen LogP contribution in [0, 0.1) is 0 Å². The van der Waals surface area contributed by atoms with E-state index in [1.165, 1.54) is 26.9 Å². The molecule has 13 aromatic rings. The lowest BCUT2D eigenvalue weighted by molar-refractivity contribution is 0.989. The Morgan fingerprint density at radius 1 is 0.284 bits per heavy atom. The van der Waals surface area contributed by atoms with Crippen LogP contribution >= 0.6 is 0 Å². The number of aromatic nitrogens is 4. The van der Waals surface area contributed by atoms with Crippen LogP contribution in [0.25, 0.3) is 82.0 Å². The van der Waals surface area contributed by atoms with Crippen LogP contribution in [0.2, 0.25) is 0 Å². The molecule has 0 aliphatic carbocycles. The maximum absolute atomic E-state index is 5.46. The minimum atomic E-state index is 0.491. The van der Waals surface area contributed by atoms with Gasteiger partial charge in [-0.2, -0.15) is 15.0 Å². The predicted molar refractivity (Wildman–Crippen MR) is 279 cm³/mol. The summed E-state index contributed by atoms with van der Waals surface area (Å²) in [5.74, 6) is 1.53. The normalized spacial score (nSPS) is 11.6. The molecule has 6 nitrogen and oxygen atoms in total. The first kappa shape index (κ1) is 38.3. The molecule has 2 aromatic heterocycles. The van der Waals surface area contributed by atoms with Gasteiger partial charge in [0.15, 0.2) is 5.82 Å². The summed E-state index contributed by atoms with van der Waals surface area (Å²) in [6.45, 7) is 0. The van der Waals surface area contributed by atoms with Crippen LogP contribution in [0.1, 0.15) is 0 Å². The van der Waals surface area contributed by atoms with Crippen molar-refractivity contribution in [2.75, 3.05) is 9.80 Å². The van der Waals surface area contributed by atoms with Crippen LogP contribution in [-0.2, 0) is 0 Å². The molecule has 0 fully saturated rings. The van der Waals surface area contributed by atoms with Gasteiger partial charge in [0.2, 0.25) is 11.9 Å². The smallest absolute Gasteiger partial charge is 0.240 e. The first-order chi connectivity index (χ1) is 33.2. The Morgan fingerprint density at radius 2 is 0.761 bits per heavy atom. The Morgan fingerprint density at radius 3 is 1.40 bits per heavy atom. The van der Waals surface area contributed by atoms with Gasteiger partial charge in [0, 0.05) is 44.8 Å². The lowest BCUT2D eigenvalue weighted by atomic mass is 10.0. The third-order valence-corrected chi connectivity index (χ3v) is 12.9. The van der Waals surface area contributed by atoms with Gasteiger partial charge < -0.3 is 4.57 Å². The molecule has 0 spiro atoms. The van der Waals surface area contributed by atoms with Crippen LogP contribution in [0.15, 0.2) is 243 Å². The van der Waals surface area contributed by atoms with Crippen LogP contribution in [0.4, 0.5) is 34.6 Å². The van der Waals surface area contributed by atoms with E-state index < -0.39 is 0 Å². The molecule has 0 aliphatic rings. The third-order valence-electron chi connectivity index (χ3n) is 12.9. The van der Waals surface area contributed by atoms with E-state index in [4.69, 9.17) is 15.0 Å². The molecule has 0 unspecified atom stereocenters. The Hall–Kier alpha value is -9.13. The van der Waals surface area contributed by atoms with Crippen molar-refractivity contribution in [3.8, 4) is 17.1 Å². The van der Waals surface area contributed by atoms with Crippen molar-refractivity contribution in [1.29, 1.82) is 0 Å². The second kappa shape index (κ2) is 15.8. The largest absolute Gasteiger partial charge is 0.309 e. The summed E-state index contributed by atoms with van der Waals surface area (Å²) >= 11 is 0. The molecule has 0 atom stereocenters. The maximum Gasteiger partial charge on any atom is 0.240 e. The molecular weight excluding hydrogens is 817 g/mol. The van der Waals surface area contributed by atoms with Crippen molar-refractivity contribution >= 4 is 99.5 Å². The lowest BCUT2D eigenvalue weighted by Crippen LogP contribution is -2.19. The van der Waals surface area contributed by atoms with E-state index in [1.54, 1.807) is 0 Å². The molecular formula is C61H40N6. The van der Waals surface area contributed by atoms with E-state index in [0.29, 0.717) is 17.7 Å². The first-order valence-corrected chi connectivity index (χ1v) is 22.6. The molecule has 67 heavy (non-hydrogen) atoms. The molecule has 0 amide bonds. The van der Waals surface area contributed by atoms with Gasteiger partial charge in [0.05, 0.1) is 11.0 Å². The van der Waals surface area contributed by atoms with Crippen molar-refractivity contribution in [3.63, 3.8) is 0 Å². The number of rotatable bonds is 8. The first-order valence-electron chi connectivity index (χ1n) is 22.6. The van der Waals surface area contributed by atoms with Crippen molar-refractivity contribution in [2.24, 2.45) is 0 Å². The van der Waals surface area contributed by atoms with Gasteiger partial charge in [-0.1, -0.05) is 170 Å². The van der Waals surface area contributed by atoms with Crippen molar-refractivity contribution in [2.45, 2.75) is 0 Å². The van der Waals surface area contributed by atoms with Crippen molar-refractivity contribution in [1.82, 2.24) is 19.5 Å². The van der Waals surface area contributed by atoms with Gasteiger partial charge >= 0.3 is 0 Å². The van der Waals surface area contributed by atoms with Gasteiger partial charge in [-0.25, -0.2) is 0 Å². The topological polar surface area (TPSA) is 50.1 Å². The highest BCUT2D eigenvalue weighted by atomic mass is 15.3. The van der Waals surface area contributed by atoms with E-state index in [9.17, 15) is 0 Å². The van der Waals surface area contributed by atoms with E-state index in [2.05, 4.69) is 245 Å². The number of anilines is 6. The highest BCUT2D eigenvalue weighted by Crippen LogP contribution is 2.41. The zero-order valence-electron chi connectivity index (χ0n) is 36.3. The van der Waals surface area contributed by atoms with Crippen LogP contribution in [0.3, 0.4) is 0 Å². The summed E-state index contributed by atoms with van der Waals surface area (Å²) < 4.78 is 2.38. The van der Waals surface area contributed by atoms with E-state index >= 15 is 0 Å². The summed E-state index contributed by atoms with van der Waals surface area (Å²) in [6, 6.07) is 85.8. The zero-order chi connectivity index (χ0) is 44.3. The molecule has 0 saturated heterocycles. The second-order valence-electron chi connectivity index (χ2n) is 16.9. The van der Waals surface area contributed by atoms with Gasteiger partial charge in [-0.15, -0.1) is 0 Å². The van der Waals surface area contributed by atoms with Crippen molar-refractivity contribution in [3.05, 3.63) is 243 Å². The SMILES string of the molecule is c1ccc(N(c2ccc3ccccc3c2)c2nc(-c3ccc4c5ccccc5n(-c5ccc6c(ccc7ccccc76)c5)c4c3)nc(N(c3ccccc3)c3ccc4ccccc4c3)n2)cc1. The minimum Gasteiger partial charge on any atom is -0.309 e. The highest BCUT2D eigenvalue weighted by Gasteiger charge is 2.24.